The topological polar surface area (TPSA) is 84.5 Å². The molecule has 0 saturated carbocycles. The average molecular weight is 348 g/mol. The van der Waals surface area contributed by atoms with E-state index in [0.29, 0.717) is 0 Å². The highest BCUT2D eigenvalue weighted by Crippen LogP contribution is 2.21. The average Bonchev–Trinajstić information content (AvgIpc) is 2.59. The molecular weight excluding hydrogens is 328 g/mol. The molecule has 2 aromatic rings. The second-order valence-corrected chi connectivity index (χ2v) is 6.98. The lowest BCUT2D eigenvalue weighted by Crippen LogP contribution is -2.42. The lowest BCUT2D eigenvalue weighted by molar-refractivity contribution is 0.216. The molecule has 0 saturated heterocycles. The van der Waals surface area contributed by atoms with Crippen molar-refractivity contribution in [3.63, 3.8) is 0 Å². The zero-order valence-electron chi connectivity index (χ0n) is 13.3. The molecule has 0 radical (unpaired) electrons. The van der Waals surface area contributed by atoms with E-state index in [9.17, 15) is 13.2 Å². The van der Waals surface area contributed by atoms with E-state index in [1.54, 1.807) is 0 Å². The highest BCUT2D eigenvalue weighted by atomic mass is 32.2. The van der Waals surface area contributed by atoms with Crippen molar-refractivity contribution >= 4 is 16.1 Å². The summed E-state index contributed by atoms with van der Waals surface area (Å²) in [6.07, 6.45) is 0. The summed E-state index contributed by atoms with van der Waals surface area (Å²) >= 11 is 0. The molecule has 6 nitrogen and oxygen atoms in total. The first-order valence-corrected chi connectivity index (χ1v) is 9.07. The van der Waals surface area contributed by atoms with Crippen LogP contribution in [0.15, 0.2) is 60.7 Å². The number of hydrogen-bond donors (Lipinski definition) is 2. The molecule has 7 heteroatoms. The number of benzene rings is 2. The van der Waals surface area contributed by atoms with Crippen molar-refractivity contribution < 1.29 is 17.9 Å². The molecule has 128 valence electrons. The maximum Gasteiger partial charge on any atom is 0.329 e. The first kappa shape index (κ1) is 18.0. The summed E-state index contributed by atoms with van der Waals surface area (Å²) in [6, 6.07) is 17.5. The van der Waals surface area contributed by atoms with Crippen molar-refractivity contribution in [2.45, 2.75) is 6.04 Å². The molecule has 0 aliphatic rings. The molecule has 0 fully saturated rings. The summed E-state index contributed by atoms with van der Waals surface area (Å²) in [5, 5.41) is 2.71. The zero-order valence-corrected chi connectivity index (χ0v) is 14.1. The minimum atomic E-state index is -3.74. The fraction of sp³-hybridized carbons (Fsp3) is 0.235. The fourth-order valence-electron chi connectivity index (χ4n) is 2.20. The Hall–Kier alpha value is -2.38. The van der Waals surface area contributed by atoms with Gasteiger partial charge in [-0.05, 0) is 11.1 Å². The minimum absolute atomic E-state index is 0.0173. The summed E-state index contributed by atoms with van der Waals surface area (Å²) in [4.78, 5) is 12.1. The van der Waals surface area contributed by atoms with E-state index >= 15 is 0 Å². The van der Waals surface area contributed by atoms with Crippen molar-refractivity contribution in [1.82, 2.24) is 10.0 Å². The van der Waals surface area contributed by atoms with Crippen LogP contribution in [-0.2, 0) is 14.8 Å². The van der Waals surface area contributed by atoms with Crippen molar-refractivity contribution in [1.29, 1.82) is 0 Å². The van der Waals surface area contributed by atoms with Gasteiger partial charge < -0.3 is 10.1 Å². The van der Waals surface area contributed by atoms with E-state index in [0.717, 1.165) is 11.1 Å². The molecule has 0 spiro atoms. The van der Waals surface area contributed by atoms with Crippen LogP contribution < -0.4 is 10.0 Å². The van der Waals surface area contributed by atoms with Gasteiger partial charge in [-0.3, -0.25) is 0 Å². The highest BCUT2D eigenvalue weighted by Gasteiger charge is 2.20. The Morgan fingerprint density at radius 3 is 1.96 bits per heavy atom. The van der Waals surface area contributed by atoms with Gasteiger partial charge in [0, 0.05) is 7.11 Å². The molecule has 0 heterocycles. The number of carbonyl (C=O) groups excluding carboxylic acids is 1. The molecule has 0 bridgehead atoms. The number of nitrogens with one attached hydrogen (secondary N) is 2. The van der Waals surface area contributed by atoms with Gasteiger partial charge in [0.2, 0.25) is 10.0 Å². The van der Waals surface area contributed by atoms with E-state index in [2.05, 4.69) is 5.32 Å². The third kappa shape index (κ3) is 5.36. The lowest BCUT2D eigenvalue weighted by atomic mass is 9.99. The first-order chi connectivity index (χ1) is 11.5. The van der Waals surface area contributed by atoms with Gasteiger partial charge in [-0.25, -0.2) is 17.9 Å². The number of rotatable bonds is 7. The Morgan fingerprint density at radius 1 is 1.00 bits per heavy atom. The third-order valence-corrected chi connectivity index (χ3v) is 4.55. The SMILES string of the molecule is COCCS(=O)(=O)NC(=O)NC(c1ccccc1)c1ccccc1. The predicted molar refractivity (Wildman–Crippen MR) is 92.1 cm³/mol. The molecule has 2 rings (SSSR count). The Kier molecular flexibility index (Phi) is 6.34. The van der Waals surface area contributed by atoms with E-state index in [1.165, 1.54) is 7.11 Å². The Balaban J connectivity index is 2.16. The van der Waals surface area contributed by atoms with Gasteiger partial charge in [0.25, 0.3) is 0 Å². The normalized spacial score (nSPS) is 11.2. The van der Waals surface area contributed by atoms with Gasteiger partial charge in [-0.2, -0.15) is 0 Å². The fourth-order valence-corrected chi connectivity index (χ4v) is 3.03. The highest BCUT2D eigenvalue weighted by molar-refractivity contribution is 7.90. The van der Waals surface area contributed by atoms with E-state index in [4.69, 9.17) is 4.74 Å². The Labute approximate surface area is 141 Å². The number of ether oxygens (including phenoxy) is 1. The molecule has 0 aliphatic carbocycles. The van der Waals surface area contributed by atoms with Gasteiger partial charge in [0.15, 0.2) is 0 Å². The molecule has 0 atom stereocenters. The third-order valence-electron chi connectivity index (χ3n) is 3.35. The summed E-state index contributed by atoms with van der Waals surface area (Å²) in [5.41, 5.74) is 1.71. The smallest absolute Gasteiger partial charge is 0.329 e. The molecule has 24 heavy (non-hydrogen) atoms. The van der Waals surface area contributed by atoms with Crippen molar-refractivity contribution in [2.75, 3.05) is 19.5 Å². The van der Waals surface area contributed by atoms with Crippen LogP contribution in [-0.4, -0.2) is 33.9 Å². The van der Waals surface area contributed by atoms with Gasteiger partial charge in [0.1, 0.15) is 0 Å². The first-order valence-electron chi connectivity index (χ1n) is 7.41. The molecule has 2 N–H and O–H groups in total. The van der Waals surface area contributed by atoms with E-state index < -0.39 is 22.1 Å². The molecule has 0 aromatic heterocycles. The molecular formula is C17H20N2O4S. The quantitative estimate of drug-likeness (QED) is 0.802. The van der Waals surface area contributed by atoms with Gasteiger partial charge >= 0.3 is 6.03 Å². The van der Waals surface area contributed by atoms with E-state index in [-0.39, 0.29) is 12.4 Å². The number of sulfonamides is 1. The largest absolute Gasteiger partial charge is 0.384 e. The van der Waals surface area contributed by atoms with Crippen molar-refractivity contribution in [2.24, 2.45) is 0 Å². The Bertz CT molecular complexity index is 709. The number of urea groups is 1. The second-order valence-electron chi connectivity index (χ2n) is 5.14. The Morgan fingerprint density at radius 2 is 1.50 bits per heavy atom. The number of hydrogen-bond acceptors (Lipinski definition) is 4. The zero-order chi connectivity index (χ0) is 17.4. The van der Waals surface area contributed by atoms with Crippen LogP contribution in [0.5, 0.6) is 0 Å². The number of methoxy groups -OCH3 is 1. The second kappa shape index (κ2) is 8.47. The van der Waals surface area contributed by atoms with Crippen LogP contribution in [0.3, 0.4) is 0 Å². The predicted octanol–water partition coefficient (Wildman–Crippen LogP) is 2.05. The standard InChI is InChI=1S/C17H20N2O4S/c1-23-12-13-24(21,22)19-17(20)18-16(14-8-4-2-5-9-14)15-10-6-3-7-11-15/h2-11,16H,12-13H2,1H3,(H2,18,19,20). The van der Waals surface area contributed by atoms with Crippen LogP contribution in [0.4, 0.5) is 4.79 Å². The van der Waals surface area contributed by atoms with Crippen LogP contribution in [0.1, 0.15) is 17.2 Å². The van der Waals surface area contributed by atoms with Crippen molar-refractivity contribution in [3.05, 3.63) is 71.8 Å². The number of carbonyl (C=O) groups is 1. The van der Waals surface area contributed by atoms with Crippen LogP contribution in [0.25, 0.3) is 0 Å². The van der Waals surface area contributed by atoms with Gasteiger partial charge in [0.05, 0.1) is 18.4 Å². The molecule has 2 aromatic carbocycles. The minimum Gasteiger partial charge on any atom is -0.384 e. The molecule has 0 aliphatic heterocycles. The van der Waals surface area contributed by atoms with Gasteiger partial charge in [-0.15, -0.1) is 0 Å². The lowest BCUT2D eigenvalue weighted by Gasteiger charge is -2.20. The summed E-state index contributed by atoms with van der Waals surface area (Å²) in [7, 11) is -2.34. The van der Waals surface area contributed by atoms with Crippen LogP contribution in [0, 0.1) is 0 Å². The van der Waals surface area contributed by atoms with Crippen molar-refractivity contribution in [3.8, 4) is 0 Å². The summed E-state index contributed by atoms with van der Waals surface area (Å²) < 4.78 is 30.3. The number of amides is 2. The monoisotopic (exact) mass is 348 g/mol. The molecule has 2 amide bonds. The summed E-state index contributed by atoms with van der Waals surface area (Å²) in [6.45, 7) is 0.0173. The molecule has 0 unspecified atom stereocenters. The van der Waals surface area contributed by atoms with Crippen LogP contribution in [0.2, 0.25) is 0 Å². The maximum atomic E-state index is 12.1. The van der Waals surface area contributed by atoms with E-state index in [1.807, 2.05) is 65.4 Å². The van der Waals surface area contributed by atoms with Crippen LogP contribution >= 0.6 is 0 Å². The maximum absolute atomic E-state index is 12.1. The summed E-state index contributed by atoms with van der Waals surface area (Å²) in [5.74, 6) is -0.280. The van der Waals surface area contributed by atoms with Gasteiger partial charge in [-0.1, -0.05) is 60.7 Å².